The lowest BCUT2D eigenvalue weighted by Crippen LogP contribution is -2.13. The average molecular weight is 303 g/mol. The molecular weight excluding hydrogens is 280 g/mol. The molecule has 21 heavy (non-hydrogen) atoms. The second-order valence-electron chi connectivity index (χ2n) is 6.21. The van der Waals surface area contributed by atoms with E-state index >= 15 is 0 Å². The SMILES string of the molecule is CCc1[nH]c(C2CCC(c3cccc(C)c3)CC2)nc1Cl. The molecule has 1 fully saturated rings. The Morgan fingerprint density at radius 2 is 1.90 bits per heavy atom. The van der Waals surface area contributed by atoms with Gasteiger partial charge in [-0.3, -0.25) is 0 Å². The molecule has 1 heterocycles. The van der Waals surface area contributed by atoms with Crippen LogP contribution in [0.2, 0.25) is 5.15 Å². The van der Waals surface area contributed by atoms with Crippen LogP contribution in [0.15, 0.2) is 24.3 Å². The monoisotopic (exact) mass is 302 g/mol. The Morgan fingerprint density at radius 3 is 2.52 bits per heavy atom. The molecule has 0 spiro atoms. The first-order valence-electron chi connectivity index (χ1n) is 7.98. The minimum absolute atomic E-state index is 0.545. The molecule has 0 aliphatic heterocycles. The number of hydrogen-bond donors (Lipinski definition) is 1. The standard InChI is InChI=1S/C18H23ClN2/c1-3-16-17(19)21-18(20-16)14-9-7-13(8-10-14)15-6-4-5-12(2)11-15/h4-6,11,13-14H,3,7-10H2,1-2H3,(H,20,21). The molecule has 1 aromatic heterocycles. The fourth-order valence-electron chi connectivity index (χ4n) is 3.46. The minimum Gasteiger partial charge on any atom is -0.344 e. The lowest BCUT2D eigenvalue weighted by atomic mass is 9.78. The maximum absolute atomic E-state index is 6.16. The molecule has 0 atom stereocenters. The highest BCUT2D eigenvalue weighted by molar-refractivity contribution is 6.30. The van der Waals surface area contributed by atoms with Gasteiger partial charge in [-0.1, -0.05) is 48.4 Å². The fraction of sp³-hybridized carbons (Fsp3) is 0.500. The van der Waals surface area contributed by atoms with Crippen LogP contribution in [0.1, 0.15) is 67.1 Å². The van der Waals surface area contributed by atoms with E-state index in [-0.39, 0.29) is 0 Å². The van der Waals surface area contributed by atoms with E-state index in [1.165, 1.54) is 36.8 Å². The van der Waals surface area contributed by atoms with Gasteiger partial charge in [0.2, 0.25) is 0 Å². The Hall–Kier alpha value is -1.28. The zero-order chi connectivity index (χ0) is 14.8. The number of aromatic amines is 1. The van der Waals surface area contributed by atoms with Gasteiger partial charge in [0.25, 0.3) is 0 Å². The average Bonchev–Trinajstić information content (AvgIpc) is 2.88. The molecule has 0 unspecified atom stereocenters. The summed E-state index contributed by atoms with van der Waals surface area (Å²) < 4.78 is 0. The molecule has 1 aromatic carbocycles. The van der Waals surface area contributed by atoms with E-state index in [0.717, 1.165) is 17.9 Å². The van der Waals surface area contributed by atoms with Crippen LogP contribution >= 0.6 is 11.6 Å². The number of aryl methyl sites for hydroxylation is 2. The number of benzene rings is 1. The second-order valence-corrected chi connectivity index (χ2v) is 6.57. The van der Waals surface area contributed by atoms with E-state index in [0.29, 0.717) is 17.0 Å². The molecule has 1 N–H and O–H groups in total. The molecule has 2 nitrogen and oxygen atoms in total. The lowest BCUT2D eigenvalue weighted by molar-refractivity contribution is 0.386. The van der Waals surface area contributed by atoms with Gasteiger partial charge >= 0.3 is 0 Å². The number of halogens is 1. The van der Waals surface area contributed by atoms with Gasteiger partial charge in [0.05, 0.1) is 5.69 Å². The highest BCUT2D eigenvalue weighted by atomic mass is 35.5. The second kappa shape index (κ2) is 6.23. The van der Waals surface area contributed by atoms with E-state index < -0.39 is 0 Å². The van der Waals surface area contributed by atoms with Crippen molar-refractivity contribution in [2.24, 2.45) is 0 Å². The van der Waals surface area contributed by atoms with Gasteiger partial charge in [0, 0.05) is 5.92 Å². The van der Waals surface area contributed by atoms with Crippen LogP contribution in [-0.2, 0) is 6.42 Å². The van der Waals surface area contributed by atoms with E-state index in [4.69, 9.17) is 11.6 Å². The van der Waals surface area contributed by atoms with Crippen LogP contribution < -0.4 is 0 Å². The zero-order valence-electron chi connectivity index (χ0n) is 12.8. The first-order valence-corrected chi connectivity index (χ1v) is 8.36. The van der Waals surface area contributed by atoms with Gasteiger partial charge < -0.3 is 4.98 Å². The predicted octanol–water partition coefficient (Wildman–Crippen LogP) is 5.38. The molecule has 2 aromatic rings. The number of H-pyrrole nitrogens is 1. The van der Waals surface area contributed by atoms with Crippen molar-refractivity contribution in [1.82, 2.24) is 9.97 Å². The highest BCUT2D eigenvalue weighted by Gasteiger charge is 2.26. The topological polar surface area (TPSA) is 28.7 Å². The van der Waals surface area contributed by atoms with E-state index in [1.807, 2.05) is 0 Å². The Morgan fingerprint density at radius 1 is 1.19 bits per heavy atom. The van der Waals surface area contributed by atoms with Crippen molar-refractivity contribution in [3.8, 4) is 0 Å². The van der Waals surface area contributed by atoms with Gasteiger partial charge in [0.15, 0.2) is 0 Å². The van der Waals surface area contributed by atoms with Crippen LogP contribution in [0.3, 0.4) is 0 Å². The van der Waals surface area contributed by atoms with Crippen LogP contribution in [0.25, 0.3) is 0 Å². The van der Waals surface area contributed by atoms with E-state index in [9.17, 15) is 0 Å². The molecule has 0 bridgehead atoms. The van der Waals surface area contributed by atoms with E-state index in [1.54, 1.807) is 0 Å². The van der Waals surface area contributed by atoms with Crippen molar-refractivity contribution in [3.05, 3.63) is 52.1 Å². The Kier molecular flexibility index (Phi) is 4.34. The largest absolute Gasteiger partial charge is 0.344 e. The molecule has 3 heteroatoms. The van der Waals surface area contributed by atoms with Crippen LogP contribution in [0, 0.1) is 6.92 Å². The molecule has 1 aliphatic rings. The van der Waals surface area contributed by atoms with E-state index in [2.05, 4.69) is 48.1 Å². The van der Waals surface area contributed by atoms with Crippen LogP contribution in [-0.4, -0.2) is 9.97 Å². The van der Waals surface area contributed by atoms with Crippen LogP contribution in [0.5, 0.6) is 0 Å². The van der Waals surface area contributed by atoms with Crippen molar-refractivity contribution in [2.75, 3.05) is 0 Å². The van der Waals surface area contributed by atoms with Gasteiger partial charge in [-0.2, -0.15) is 0 Å². The normalized spacial score (nSPS) is 22.4. The summed E-state index contributed by atoms with van der Waals surface area (Å²) in [5.41, 5.74) is 3.94. The number of hydrogen-bond acceptors (Lipinski definition) is 1. The number of aromatic nitrogens is 2. The summed E-state index contributed by atoms with van der Waals surface area (Å²) in [5, 5.41) is 0.660. The summed E-state index contributed by atoms with van der Waals surface area (Å²) in [6.07, 6.45) is 5.81. The molecule has 3 rings (SSSR count). The quantitative estimate of drug-likeness (QED) is 0.810. The summed E-state index contributed by atoms with van der Waals surface area (Å²) in [6, 6.07) is 8.96. The summed E-state index contributed by atoms with van der Waals surface area (Å²) in [4.78, 5) is 7.95. The third-order valence-corrected chi connectivity index (χ3v) is 5.04. The minimum atomic E-state index is 0.545. The van der Waals surface area contributed by atoms with Crippen LogP contribution in [0.4, 0.5) is 0 Å². The molecule has 0 amide bonds. The molecule has 0 saturated heterocycles. The Bertz CT molecular complexity index is 609. The van der Waals surface area contributed by atoms with Gasteiger partial charge in [-0.05, 0) is 50.5 Å². The number of imidazole rings is 1. The summed E-state index contributed by atoms with van der Waals surface area (Å²) >= 11 is 6.16. The smallest absolute Gasteiger partial charge is 0.150 e. The fourth-order valence-corrected chi connectivity index (χ4v) is 3.73. The molecule has 1 aliphatic carbocycles. The molecular formula is C18H23ClN2. The summed E-state index contributed by atoms with van der Waals surface area (Å²) in [5.74, 6) is 2.35. The number of nitrogens with one attached hydrogen (secondary N) is 1. The third kappa shape index (κ3) is 3.16. The van der Waals surface area contributed by atoms with Crippen molar-refractivity contribution in [2.45, 2.75) is 57.8 Å². The maximum Gasteiger partial charge on any atom is 0.150 e. The third-order valence-electron chi connectivity index (χ3n) is 4.73. The number of rotatable bonds is 3. The summed E-state index contributed by atoms with van der Waals surface area (Å²) in [7, 11) is 0. The molecule has 0 radical (unpaired) electrons. The Balaban J connectivity index is 1.67. The zero-order valence-corrected chi connectivity index (χ0v) is 13.6. The van der Waals surface area contributed by atoms with Gasteiger partial charge in [0.1, 0.15) is 11.0 Å². The predicted molar refractivity (Wildman–Crippen MR) is 88.1 cm³/mol. The van der Waals surface area contributed by atoms with Gasteiger partial charge in [-0.25, -0.2) is 4.98 Å². The first-order chi connectivity index (χ1) is 10.2. The Labute approximate surface area is 131 Å². The summed E-state index contributed by atoms with van der Waals surface area (Å²) in [6.45, 7) is 4.28. The maximum atomic E-state index is 6.16. The van der Waals surface area contributed by atoms with Crippen molar-refractivity contribution >= 4 is 11.6 Å². The molecule has 112 valence electrons. The van der Waals surface area contributed by atoms with Gasteiger partial charge in [-0.15, -0.1) is 0 Å². The number of nitrogens with zero attached hydrogens (tertiary/aromatic N) is 1. The first kappa shape index (κ1) is 14.6. The van der Waals surface area contributed by atoms with Crippen molar-refractivity contribution < 1.29 is 0 Å². The highest BCUT2D eigenvalue weighted by Crippen LogP contribution is 2.40. The molecule has 1 saturated carbocycles. The lowest BCUT2D eigenvalue weighted by Gasteiger charge is -2.27. The van der Waals surface area contributed by atoms with Crippen molar-refractivity contribution in [3.63, 3.8) is 0 Å². The van der Waals surface area contributed by atoms with Crippen molar-refractivity contribution in [1.29, 1.82) is 0 Å².